The fourth-order valence-electron chi connectivity index (χ4n) is 2.96. The van der Waals surface area contributed by atoms with Crippen LogP contribution in [0.15, 0.2) is 53.1 Å². The highest BCUT2D eigenvalue weighted by Crippen LogP contribution is 2.16. The van der Waals surface area contributed by atoms with Crippen molar-refractivity contribution in [3.05, 3.63) is 71.1 Å². The Bertz CT molecular complexity index is 916. The van der Waals surface area contributed by atoms with Crippen molar-refractivity contribution in [3.8, 4) is 11.4 Å². The Morgan fingerprint density at radius 2 is 1.79 bits per heavy atom. The Labute approximate surface area is 165 Å². The molecule has 0 atom stereocenters. The molecule has 2 aromatic carbocycles. The maximum atomic E-state index is 12.2. The lowest BCUT2D eigenvalue weighted by molar-refractivity contribution is -0.872. The summed E-state index contributed by atoms with van der Waals surface area (Å²) in [6.07, 6.45) is 0.741. The number of aromatic nitrogens is 2. The molecule has 0 bridgehead atoms. The second-order valence-electron chi connectivity index (χ2n) is 7.31. The highest BCUT2D eigenvalue weighted by molar-refractivity contribution is 5.76. The van der Waals surface area contributed by atoms with Gasteiger partial charge in [-0.15, -0.1) is 0 Å². The summed E-state index contributed by atoms with van der Waals surface area (Å²) in [7, 11) is 4.23. The quantitative estimate of drug-likeness (QED) is 0.627. The van der Waals surface area contributed by atoms with Crippen molar-refractivity contribution in [1.29, 1.82) is 0 Å². The van der Waals surface area contributed by atoms with E-state index in [1.54, 1.807) is 0 Å². The van der Waals surface area contributed by atoms with Crippen molar-refractivity contribution in [2.45, 2.75) is 32.9 Å². The summed E-state index contributed by atoms with van der Waals surface area (Å²) in [6, 6.07) is 16.1. The second-order valence-corrected chi connectivity index (χ2v) is 7.31. The first-order valence-electron chi connectivity index (χ1n) is 9.53. The molecule has 3 aromatic rings. The first-order chi connectivity index (χ1) is 13.5. The number of quaternary nitrogens is 1. The zero-order valence-corrected chi connectivity index (χ0v) is 16.7. The van der Waals surface area contributed by atoms with Gasteiger partial charge in [0.15, 0.2) is 0 Å². The Morgan fingerprint density at radius 1 is 1.07 bits per heavy atom. The van der Waals surface area contributed by atoms with Gasteiger partial charge in [-0.1, -0.05) is 59.3 Å². The lowest BCUT2D eigenvalue weighted by Gasteiger charge is -2.12. The van der Waals surface area contributed by atoms with Gasteiger partial charge in [0, 0.05) is 30.5 Å². The van der Waals surface area contributed by atoms with Crippen LogP contribution in [0.3, 0.4) is 0 Å². The molecule has 1 amide bonds. The molecule has 6 heteroatoms. The molecule has 0 aliphatic carbocycles. The van der Waals surface area contributed by atoms with Crippen LogP contribution in [0.1, 0.15) is 29.0 Å². The lowest BCUT2D eigenvalue weighted by atomic mass is 10.1. The van der Waals surface area contributed by atoms with Gasteiger partial charge in [-0.25, -0.2) is 0 Å². The molecule has 0 fully saturated rings. The average Bonchev–Trinajstić information content (AvgIpc) is 3.15. The fourth-order valence-corrected chi connectivity index (χ4v) is 2.96. The largest absolute Gasteiger partial charge is 0.352 e. The maximum Gasteiger partial charge on any atom is 0.227 e. The molecule has 0 aliphatic heterocycles. The van der Waals surface area contributed by atoms with Gasteiger partial charge in [0.2, 0.25) is 17.6 Å². The van der Waals surface area contributed by atoms with Gasteiger partial charge in [0.05, 0.1) is 14.1 Å². The van der Waals surface area contributed by atoms with Crippen molar-refractivity contribution < 1.29 is 14.2 Å². The third kappa shape index (κ3) is 5.50. The summed E-state index contributed by atoms with van der Waals surface area (Å²) in [6.45, 7) is 3.49. The van der Waals surface area contributed by atoms with Crippen LogP contribution in [0.2, 0.25) is 0 Å². The number of nitrogens with zero attached hydrogens (tertiary/aromatic N) is 2. The van der Waals surface area contributed by atoms with Gasteiger partial charge < -0.3 is 14.7 Å². The zero-order valence-electron chi connectivity index (χ0n) is 16.7. The molecule has 0 saturated carbocycles. The van der Waals surface area contributed by atoms with Crippen LogP contribution in [0, 0.1) is 6.92 Å². The normalized spacial score (nSPS) is 11.0. The Hall–Kier alpha value is -2.99. The number of benzene rings is 2. The molecular formula is C22H27N4O2+. The first-order valence-corrected chi connectivity index (χ1v) is 9.53. The number of nitrogens with one attached hydrogen (secondary N) is 2. The van der Waals surface area contributed by atoms with Crippen LogP contribution >= 0.6 is 0 Å². The van der Waals surface area contributed by atoms with Gasteiger partial charge in [0.25, 0.3) is 0 Å². The van der Waals surface area contributed by atoms with Crippen LogP contribution < -0.4 is 10.2 Å². The Balaban J connectivity index is 1.51. The highest BCUT2D eigenvalue weighted by Gasteiger charge is 2.11. The molecule has 0 spiro atoms. The van der Waals surface area contributed by atoms with Gasteiger partial charge in [-0.3, -0.25) is 4.79 Å². The molecule has 28 heavy (non-hydrogen) atoms. The summed E-state index contributed by atoms with van der Waals surface area (Å²) in [5, 5.41) is 7.00. The number of carbonyl (C=O) groups excluding carboxylic acids is 1. The summed E-state index contributed by atoms with van der Waals surface area (Å²) in [4.78, 5) is 18.0. The van der Waals surface area contributed by atoms with Gasteiger partial charge in [-0.2, -0.15) is 4.98 Å². The molecule has 0 radical (unpaired) electrons. The van der Waals surface area contributed by atoms with E-state index < -0.39 is 0 Å². The first kappa shape index (κ1) is 19.8. The number of hydrogen-bond donors (Lipinski definition) is 2. The van der Waals surface area contributed by atoms with Crippen molar-refractivity contribution in [2.24, 2.45) is 0 Å². The predicted octanol–water partition coefficient (Wildman–Crippen LogP) is 1.94. The summed E-state index contributed by atoms with van der Waals surface area (Å²) in [5.74, 6) is 1.000. The van der Waals surface area contributed by atoms with Gasteiger partial charge >= 0.3 is 0 Å². The van der Waals surface area contributed by atoms with Crippen LogP contribution in [-0.4, -0.2) is 30.1 Å². The summed E-state index contributed by atoms with van der Waals surface area (Å²) >= 11 is 0. The predicted molar refractivity (Wildman–Crippen MR) is 108 cm³/mol. The van der Waals surface area contributed by atoms with E-state index in [2.05, 4.69) is 41.7 Å². The highest BCUT2D eigenvalue weighted by atomic mass is 16.5. The van der Waals surface area contributed by atoms with E-state index in [0.717, 1.165) is 17.7 Å². The van der Waals surface area contributed by atoms with Gasteiger partial charge in [-0.05, 0) is 12.5 Å². The minimum absolute atomic E-state index is 0.0258. The number of aryl methyl sites for hydroxylation is 2. The van der Waals surface area contributed by atoms with Crippen LogP contribution in [0.5, 0.6) is 0 Å². The molecule has 0 unspecified atom stereocenters. The molecule has 3 rings (SSSR count). The van der Waals surface area contributed by atoms with E-state index in [1.165, 1.54) is 16.0 Å². The number of rotatable bonds is 8. The third-order valence-electron chi connectivity index (χ3n) is 4.48. The van der Waals surface area contributed by atoms with Crippen LogP contribution in [-0.2, 0) is 24.3 Å². The molecule has 6 nitrogen and oxygen atoms in total. The van der Waals surface area contributed by atoms with Crippen molar-refractivity contribution >= 4 is 5.91 Å². The van der Waals surface area contributed by atoms with E-state index in [1.807, 2.05) is 43.3 Å². The number of amides is 1. The summed E-state index contributed by atoms with van der Waals surface area (Å²) < 4.78 is 5.28. The smallest absolute Gasteiger partial charge is 0.227 e. The number of carbonyl (C=O) groups is 1. The van der Waals surface area contributed by atoms with Crippen LogP contribution in [0.4, 0.5) is 0 Å². The van der Waals surface area contributed by atoms with E-state index >= 15 is 0 Å². The second kappa shape index (κ2) is 9.28. The summed E-state index contributed by atoms with van der Waals surface area (Å²) in [5.41, 5.74) is 4.49. The maximum absolute atomic E-state index is 12.2. The molecule has 146 valence electrons. The minimum atomic E-state index is -0.0258. The molecular weight excluding hydrogens is 352 g/mol. The average molecular weight is 379 g/mol. The molecule has 2 N–H and O–H groups in total. The zero-order chi connectivity index (χ0) is 19.9. The van der Waals surface area contributed by atoms with E-state index in [4.69, 9.17) is 4.52 Å². The Kier molecular flexibility index (Phi) is 6.55. The third-order valence-corrected chi connectivity index (χ3v) is 4.48. The SMILES string of the molecule is Cc1ccc(-c2noc(CCC(=O)NCc3ccccc3C[NH+](C)C)n2)cc1. The van der Waals surface area contributed by atoms with E-state index in [-0.39, 0.29) is 5.91 Å². The number of hydrogen-bond acceptors (Lipinski definition) is 4. The van der Waals surface area contributed by atoms with E-state index in [0.29, 0.717) is 31.1 Å². The Morgan fingerprint density at radius 3 is 2.50 bits per heavy atom. The van der Waals surface area contributed by atoms with Crippen molar-refractivity contribution in [2.75, 3.05) is 14.1 Å². The fraction of sp³-hybridized carbons (Fsp3) is 0.318. The van der Waals surface area contributed by atoms with Crippen molar-refractivity contribution in [1.82, 2.24) is 15.5 Å². The molecule has 0 saturated heterocycles. The van der Waals surface area contributed by atoms with Gasteiger partial charge in [0.1, 0.15) is 6.54 Å². The van der Waals surface area contributed by atoms with Crippen LogP contribution in [0.25, 0.3) is 11.4 Å². The minimum Gasteiger partial charge on any atom is -0.352 e. The standard InChI is InChI=1S/C22H26N4O2/c1-16-8-10-17(11-9-16)22-24-21(28-25-22)13-12-20(27)23-14-18-6-4-5-7-19(18)15-26(2)3/h4-11H,12-15H2,1-3H3,(H,23,27)/p+1. The topological polar surface area (TPSA) is 72.5 Å². The van der Waals surface area contributed by atoms with E-state index in [9.17, 15) is 4.79 Å². The lowest BCUT2D eigenvalue weighted by Crippen LogP contribution is -3.04. The molecule has 1 heterocycles. The molecule has 1 aromatic heterocycles. The molecule has 0 aliphatic rings. The van der Waals surface area contributed by atoms with Crippen molar-refractivity contribution in [3.63, 3.8) is 0 Å². The monoisotopic (exact) mass is 379 g/mol.